The molecule has 0 aromatic rings. The molecule has 4 nitrogen and oxygen atoms in total. The summed E-state index contributed by atoms with van der Waals surface area (Å²) < 4.78 is 0. The maximum atomic E-state index is 13.5. The number of carboxylic acids is 1. The Kier molecular flexibility index (Phi) is 3.18. The van der Waals surface area contributed by atoms with Crippen molar-refractivity contribution in [1.29, 1.82) is 0 Å². The molecule has 0 radical (unpaired) electrons. The third-order valence-electron chi connectivity index (χ3n) is 7.13. The van der Waals surface area contributed by atoms with Crippen LogP contribution >= 0.6 is 0 Å². The van der Waals surface area contributed by atoms with E-state index in [0.29, 0.717) is 22.7 Å². The Morgan fingerprint density at radius 1 is 1.09 bits per heavy atom. The Labute approximate surface area is 138 Å². The number of aliphatic carboxylic acids is 1. The van der Waals surface area contributed by atoms with Crippen LogP contribution in [0.2, 0.25) is 0 Å². The highest BCUT2D eigenvalue weighted by molar-refractivity contribution is 5.84. The van der Waals surface area contributed by atoms with Crippen molar-refractivity contribution >= 4 is 11.9 Å². The lowest BCUT2D eigenvalue weighted by molar-refractivity contribution is -0.180. The molecule has 1 saturated heterocycles. The van der Waals surface area contributed by atoms with Gasteiger partial charge in [0, 0.05) is 12.6 Å². The van der Waals surface area contributed by atoms with Gasteiger partial charge in [-0.15, -0.1) is 0 Å². The molecular weight excluding hydrogens is 290 g/mol. The Balaban J connectivity index is 1.62. The Morgan fingerprint density at radius 2 is 1.74 bits per heavy atom. The van der Waals surface area contributed by atoms with Crippen molar-refractivity contribution in [1.82, 2.24) is 4.90 Å². The SMILES string of the molecule is CC12CC3CC(C)(C1)CC(C(=O)N1CCCC1CC(=O)O)(C3)C2. The third-order valence-corrected chi connectivity index (χ3v) is 7.13. The number of carbonyl (C=O) groups excluding carboxylic acids is 1. The molecule has 0 aromatic carbocycles. The van der Waals surface area contributed by atoms with E-state index in [1.807, 2.05) is 4.90 Å². The van der Waals surface area contributed by atoms with Crippen molar-refractivity contribution in [2.75, 3.05) is 6.54 Å². The lowest BCUT2D eigenvalue weighted by atomic mass is 9.40. The molecule has 128 valence electrons. The minimum Gasteiger partial charge on any atom is -0.481 e. The highest BCUT2D eigenvalue weighted by atomic mass is 16.4. The zero-order chi connectivity index (χ0) is 16.5. The number of amides is 1. The first kappa shape index (κ1) is 15.5. The molecular formula is C19H29NO3. The van der Waals surface area contributed by atoms with Crippen LogP contribution in [0.3, 0.4) is 0 Å². The van der Waals surface area contributed by atoms with Crippen molar-refractivity contribution in [3.63, 3.8) is 0 Å². The lowest BCUT2D eigenvalue weighted by Crippen LogP contribution is -2.60. The molecule has 5 rings (SSSR count). The van der Waals surface area contributed by atoms with Gasteiger partial charge in [-0.2, -0.15) is 0 Å². The normalized spacial score (nSPS) is 48.0. The highest BCUT2D eigenvalue weighted by Crippen LogP contribution is 2.70. The Hall–Kier alpha value is -1.06. The van der Waals surface area contributed by atoms with Gasteiger partial charge in [0.15, 0.2) is 0 Å². The van der Waals surface area contributed by atoms with Crippen LogP contribution < -0.4 is 0 Å². The summed E-state index contributed by atoms with van der Waals surface area (Å²) in [5, 5.41) is 9.15. The van der Waals surface area contributed by atoms with E-state index in [-0.39, 0.29) is 17.9 Å². The highest BCUT2D eigenvalue weighted by Gasteiger charge is 2.63. The summed E-state index contributed by atoms with van der Waals surface area (Å²) in [7, 11) is 0. The van der Waals surface area contributed by atoms with Gasteiger partial charge in [0.2, 0.25) is 5.91 Å². The standard InChI is InChI=1S/C19H29NO3/c1-17-7-13-8-18(2,10-17)12-19(9-13,11-17)16(23)20-5-3-4-14(20)6-15(21)22/h13-14H,3-12H2,1-2H3,(H,21,22). The summed E-state index contributed by atoms with van der Waals surface area (Å²) in [6, 6.07) is -0.0754. The van der Waals surface area contributed by atoms with Gasteiger partial charge in [0.05, 0.1) is 11.8 Å². The zero-order valence-corrected chi connectivity index (χ0v) is 14.4. The van der Waals surface area contributed by atoms with Crippen LogP contribution in [0.25, 0.3) is 0 Å². The van der Waals surface area contributed by atoms with Crippen molar-refractivity contribution in [3.8, 4) is 0 Å². The summed E-state index contributed by atoms with van der Waals surface area (Å²) in [5.41, 5.74) is 0.460. The van der Waals surface area contributed by atoms with Gasteiger partial charge in [0.25, 0.3) is 0 Å². The number of hydrogen-bond acceptors (Lipinski definition) is 2. The Bertz CT molecular complexity index is 539. The van der Waals surface area contributed by atoms with E-state index in [9.17, 15) is 9.59 Å². The predicted molar refractivity (Wildman–Crippen MR) is 86.8 cm³/mol. The maximum absolute atomic E-state index is 13.5. The van der Waals surface area contributed by atoms with Gasteiger partial charge in [-0.05, 0) is 68.1 Å². The number of likely N-dealkylation sites (tertiary alicyclic amines) is 1. The second kappa shape index (κ2) is 4.73. The van der Waals surface area contributed by atoms with Crippen LogP contribution in [-0.2, 0) is 9.59 Å². The predicted octanol–water partition coefficient (Wildman–Crippen LogP) is 3.45. The first-order valence-corrected chi connectivity index (χ1v) is 9.26. The molecule has 5 fully saturated rings. The van der Waals surface area contributed by atoms with Gasteiger partial charge in [-0.25, -0.2) is 0 Å². The first-order valence-electron chi connectivity index (χ1n) is 9.26. The average Bonchev–Trinajstić information content (AvgIpc) is 2.80. The summed E-state index contributed by atoms with van der Waals surface area (Å²) in [5.74, 6) is 0.215. The van der Waals surface area contributed by atoms with Gasteiger partial charge >= 0.3 is 5.97 Å². The topological polar surface area (TPSA) is 57.6 Å². The molecule has 5 aliphatic rings. The summed E-state index contributed by atoms with van der Waals surface area (Å²) in [6.07, 6.45) is 8.87. The smallest absolute Gasteiger partial charge is 0.305 e. The lowest BCUT2D eigenvalue weighted by Gasteiger charge is -2.65. The fraction of sp³-hybridized carbons (Fsp3) is 0.895. The maximum Gasteiger partial charge on any atom is 0.305 e. The van der Waals surface area contributed by atoms with Crippen molar-refractivity contribution in [3.05, 3.63) is 0 Å². The van der Waals surface area contributed by atoms with E-state index in [2.05, 4.69) is 13.8 Å². The molecule has 3 unspecified atom stereocenters. The number of rotatable bonds is 3. The molecule has 4 bridgehead atoms. The molecule has 1 N–H and O–H groups in total. The molecule has 4 aliphatic carbocycles. The van der Waals surface area contributed by atoms with Crippen molar-refractivity contribution < 1.29 is 14.7 Å². The van der Waals surface area contributed by atoms with Gasteiger partial charge in [-0.3, -0.25) is 9.59 Å². The number of nitrogens with zero attached hydrogens (tertiary/aromatic N) is 1. The monoisotopic (exact) mass is 319 g/mol. The van der Waals surface area contributed by atoms with E-state index in [0.717, 1.165) is 38.6 Å². The summed E-state index contributed by atoms with van der Waals surface area (Å²) in [4.78, 5) is 26.6. The van der Waals surface area contributed by atoms with Crippen molar-refractivity contribution in [2.24, 2.45) is 22.2 Å². The quantitative estimate of drug-likeness (QED) is 0.867. The van der Waals surface area contributed by atoms with E-state index in [1.165, 1.54) is 19.3 Å². The number of hydrogen-bond donors (Lipinski definition) is 1. The van der Waals surface area contributed by atoms with Crippen LogP contribution in [0.4, 0.5) is 0 Å². The minimum atomic E-state index is -0.779. The first-order chi connectivity index (χ1) is 10.7. The van der Waals surface area contributed by atoms with Gasteiger partial charge < -0.3 is 10.0 Å². The molecule has 0 aromatic heterocycles. The van der Waals surface area contributed by atoms with E-state index >= 15 is 0 Å². The molecule has 1 amide bonds. The zero-order valence-electron chi connectivity index (χ0n) is 14.4. The van der Waals surface area contributed by atoms with E-state index < -0.39 is 5.97 Å². The molecule has 1 aliphatic heterocycles. The fourth-order valence-electron chi connectivity index (χ4n) is 7.51. The van der Waals surface area contributed by atoms with Gasteiger partial charge in [-0.1, -0.05) is 13.8 Å². The van der Waals surface area contributed by atoms with Crippen LogP contribution in [0.5, 0.6) is 0 Å². The molecule has 1 heterocycles. The van der Waals surface area contributed by atoms with Crippen LogP contribution in [0.15, 0.2) is 0 Å². The van der Waals surface area contributed by atoms with E-state index in [4.69, 9.17) is 5.11 Å². The summed E-state index contributed by atoms with van der Waals surface area (Å²) in [6.45, 7) is 5.53. The van der Waals surface area contributed by atoms with Crippen LogP contribution in [-0.4, -0.2) is 34.5 Å². The number of carbonyl (C=O) groups is 2. The van der Waals surface area contributed by atoms with Gasteiger partial charge in [0.1, 0.15) is 0 Å². The van der Waals surface area contributed by atoms with Crippen LogP contribution in [0, 0.1) is 22.2 Å². The van der Waals surface area contributed by atoms with Crippen LogP contribution in [0.1, 0.15) is 71.6 Å². The molecule has 4 saturated carbocycles. The largest absolute Gasteiger partial charge is 0.481 e. The molecule has 23 heavy (non-hydrogen) atoms. The average molecular weight is 319 g/mol. The molecule has 3 atom stereocenters. The van der Waals surface area contributed by atoms with Crippen molar-refractivity contribution in [2.45, 2.75) is 77.7 Å². The second-order valence-corrected chi connectivity index (χ2v) is 9.80. The number of carboxylic acid groups (broad SMARTS) is 1. The fourth-order valence-corrected chi connectivity index (χ4v) is 7.51. The minimum absolute atomic E-state index is 0.0754. The molecule has 0 spiro atoms. The third kappa shape index (κ3) is 2.40. The van der Waals surface area contributed by atoms with E-state index in [1.54, 1.807) is 0 Å². The Morgan fingerprint density at radius 3 is 2.30 bits per heavy atom. The second-order valence-electron chi connectivity index (χ2n) is 9.80. The summed E-state index contributed by atoms with van der Waals surface area (Å²) >= 11 is 0. The molecule has 4 heteroatoms.